The molecule has 5 rings (SSSR count). The second-order valence-electron chi connectivity index (χ2n) is 11.6. The van der Waals surface area contributed by atoms with Crippen LogP contribution in [0, 0.1) is 18.8 Å². The second kappa shape index (κ2) is 11.7. The highest BCUT2D eigenvalue weighted by Gasteiger charge is 2.31. The van der Waals surface area contributed by atoms with Crippen LogP contribution in [0.3, 0.4) is 0 Å². The first-order chi connectivity index (χ1) is 18.0. The normalized spacial score (nSPS) is 21.4. The molecule has 5 heteroatoms. The van der Waals surface area contributed by atoms with Crippen molar-refractivity contribution in [3.8, 4) is 0 Å². The van der Waals surface area contributed by atoms with Gasteiger partial charge >= 0.3 is 6.09 Å². The highest BCUT2D eigenvalue weighted by atomic mass is 16.5. The maximum Gasteiger partial charge on any atom is 0.407 e. The van der Waals surface area contributed by atoms with Gasteiger partial charge in [-0.25, -0.2) is 4.79 Å². The molecule has 2 aromatic carbocycles. The van der Waals surface area contributed by atoms with Gasteiger partial charge in [-0.2, -0.15) is 0 Å². The molecule has 0 unspecified atom stereocenters. The summed E-state index contributed by atoms with van der Waals surface area (Å²) < 4.78 is 8.17. The number of hydrogen-bond donors (Lipinski definition) is 1. The minimum absolute atomic E-state index is 0.285. The molecule has 1 amide bonds. The first-order valence-corrected chi connectivity index (χ1v) is 14.3. The highest BCUT2D eigenvalue weighted by molar-refractivity contribution is 5.82. The molecule has 198 valence electrons. The van der Waals surface area contributed by atoms with Gasteiger partial charge in [0.15, 0.2) is 0 Å². The van der Waals surface area contributed by atoms with E-state index in [1.54, 1.807) is 0 Å². The summed E-state index contributed by atoms with van der Waals surface area (Å²) in [4.78, 5) is 15.2. The first kappa shape index (κ1) is 25.8. The number of benzene rings is 2. The van der Waals surface area contributed by atoms with Crippen LogP contribution in [-0.4, -0.2) is 34.7 Å². The number of likely N-dealkylation sites (tertiary alicyclic amines) is 1. The summed E-state index contributed by atoms with van der Waals surface area (Å²) in [6, 6.07) is 20.0. The predicted molar refractivity (Wildman–Crippen MR) is 151 cm³/mol. The van der Waals surface area contributed by atoms with Gasteiger partial charge in [-0.05, 0) is 81.0 Å². The molecule has 0 radical (unpaired) electrons. The number of rotatable bonds is 7. The smallest absolute Gasteiger partial charge is 0.407 e. The first-order valence-electron chi connectivity index (χ1n) is 14.3. The van der Waals surface area contributed by atoms with E-state index in [2.05, 4.69) is 59.8 Å². The largest absolute Gasteiger partial charge is 0.443 e. The van der Waals surface area contributed by atoms with Crippen LogP contribution in [0.25, 0.3) is 10.9 Å². The Bertz CT molecular complexity index is 1170. The fourth-order valence-corrected chi connectivity index (χ4v) is 6.56. The molecule has 1 aliphatic heterocycles. The van der Waals surface area contributed by atoms with Gasteiger partial charge in [0, 0.05) is 42.6 Å². The molecule has 1 aliphatic carbocycles. The van der Waals surface area contributed by atoms with Crippen molar-refractivity contribution in [3.05, 3.63) is 71.4 Å². The number of carbonyl (C=O) groups is 1. The van der Waals surface area contributed by atoms with Crippen LogP contribution in [0.15, 0.2) is 54.6 Å². The van der Waals surface area contributed by atoms with E-state index < -0.39 is 0 Å². The topological polar surface area (TPSA) is 46.5 Å². The van der Waals surface area contributed by atoms with Gasteiger partial charge in [-0.15, -0.1) is 0 Å². The minimum atomic E-state index is -0.372. The van der Waals surface area contributed by atoms with Gasteiger partial charge < -0.3 is 19.5 Å². The van der Waals surface area contributed by atoms with Crippen LogP contribution < -0.4 is 5.32 Å². The lowest BCUT2D eigenvalue weighted by molar-refractivity contribution is 0.0873. The molecule has 2 heterocycles. The number of carbonyl (C=O) groups excluding carboxylic acids is 1. The van der Waals surface area contributed by atoms with E-state index in [-0.39, 0.29) is 12.7 Å². The molecule has 3 aromatic rings. The lowest BCUT2D eigenvalue weighted by Crippen LogP contribution is -2.44. The Kier molecular flexibility index (Phi) is 8.19. The lowest BCUT2D eigenvalue weighted by Gasteiger charge is -2.42. The number of aryl methyl sites for hydroxylation is 1. The Labute approximate surface area is 222 Å². The van der Waals surface area contributed by atoms with Crippen molar-refractivity contribution in [1.29, 1.82) is 0 Å². The van der Waals surface area contributed by atoms with Gasteiger partial charge in [0.25, 0.3) is 0 Å². The molecule has 0 atom stereocenters. The number of fused-ring (bicyclic) bond motifs is 1. The summed E-state index contributed by atoms with van der Waals surface area (Å²) in [5.41, 5.74) is 4.66. The molecule has 5 nitrogen and oxygen atoms in total. The average Bonchev–Trinajstić information content (AvgIpc) is 3.28. The SMILES string of the molecule is Cc1ccc2c(c1)cc(COC(=O)NCc1ccccc1)n2C1CCN(C2CCC(C(C)C)CC2)CC1. The maximum atomic E-state index is 12.5. The van der Waals surface area contributed by atoms with E-state index in [0.717, 1.165) is 55.1 Å². The fourth-order valence-electron chi connectivity index (χ4n) is 6.56. The molecule has 0 spiro atoms. The number of ether oxygens (including phenoxy) is 1. The summed E-state index contributed by atoms with van der Waals surface area (Å²) in [7, 11) is 0. The molecule has 1 aromatic heterocycles. The Hall–Kier alpha value is -2.79. The Morgan fingerprint density at radius 2 is 1.68 bits per heavy atom. The van der Waals surface area contributed by atoms with E-state index in [1.807, 2.05) is 30.3 Å². The van der Waals surface area contributed by atoms with Crippen molar-refractivity contribution in [1.82, 2.24) is 14.8 Å². The number of nitrogens with zero attached hydrogens (tertiary/aromatic N) is 2. The number of amides is 1. The molecule has 1 saturated carbocycles. The third-order valence-electron chi connectivity index (χ3n) is 8.77. The maximum absolute atomic E-state index is 12.5. The molecular formula is C32H43N3O2. The van der Waals surface area contributed by atoms with Crippen LogP contribution >= 0.6 is 0 Å². The predicted octanol–water partition coefficient (Wildman–Crippen LogP) is 7.23. The molecule has 2 fully saturated rings. The number of piperidine rings is 1. The number of alkyl carbamates (subject to hydrolysis) is 1. The molecular weight excluding hydrogens is 458 g/mol. The Morgan fingerprint density at radius 3 is 2.38 bits per heavy atom. The average molecular weight is 502 g/mol. The number of aromatic nitrogens is 1. The minimum Gasteiger partial charge on any atom is -0.443 e. The Morgan fingerprint density at radius 1 is 0.946 bits per heavy atom. The highest BCUT2D eigenvalue weighted by Crippen LogP contribution is 2.36. The number of nitrogens with one attached hydrogen (secondary N) is 1. The molecule has 1 saturated heterocycles. The molecule has 1 N–H and O–H groups in total. The second-order valence-corrected chi connectivity index (χ2v) is 11.6. The zero-order chi connectivity index (χ0) is 25.8. The lowest BCUT2D eigenvalue weighted by atomic mass is 9.79. The summed E-state index contributed by atoms with van der Waals surface area (Å²) >= 11 is 0. The molecule has 37 heavy (non-hydrogen) atoms. The van der Waals surface area contributed by atoms with Crippen LogP contribution in [0.1, 0.15) is 75.2 Å². The van der Waals surface area contributed by atoms with Crippen molar-refractivity contribution in [3.63, 3.8) is 0 Å². The van der Waals surface area contributed by atoms with E-state index in [0.29, 0.717) is 12.6 Å². The third-order valence-corrected chi connectivity index (χ3v) is 8.77. The zero-order valence-electron chi connectivity index (χ0n) is 22.8. The van der Waals surface area contributed by atoms with Gasteiger partial charge in [0.1, 0.15) is 6.61 Å². The molecule has 2 aliphatic rings. The standard InChI is InChI=1S/C32H43N3O2/c1-23(2)26-10-12-28(13-11-26)34-17-15-29(16-18-34)35-30(20-27-19-24(3)9-14-31(27)35)22-37-32(36)33-21-25-7-5-4-6-8-25/h4-9,14,19-20,23,26,28-29H,10-13,15-18,21-22H2,1-3H3,(H,33,36). The van der Waals surface area contributed by atoms with Crippen molar-refractivity contribution in [2.45, 2.75) is 84.5 Å². The summed E-state index contributed by atoms with van der Waals surface area (Å²) in [5.74, 6) is 1.73. The summed E-state index contributed by atoms with van der Waals surface area (Å²) in [6.45, 7) is 9.97. The summed E-state index contributed by atoms with van der Waals surface area (Å²) in [5, 5.41) is 4.12. The Balaban J connectivity index is 1.23. The van der Waals surface area contributed by atoms with E-state index in [9.17, 15) is 4.79 Å². The van der Waals surface area contributed by atoms with Crippen LogP contribution in [0.4, 0.5) is 4.79 Å². The monoisotopic (exact) mass is 501 g/mol. The van der Waals surface area contributed by atoms with Crippen LogP contribution in [-0.2, 0) is 17.9 Å². The quantitative estimate of drug-likeness (QED) is 0.371. The van der Waals surface area contributed by atoms with Crippen molar-refractivity contribution >= 4 is 17.0 Å². The van der Waals surface area contributed by atoms with E-state index in [1.165, 1.54) is 42.1 Å². The van der Waals surface area contributed by atoms with Gasteiger partial charge in [-0.3, -0.25) is 0 Å². The zero-order valence-corrected chi connectivity index (χ0v) is 22.8. The molecule has 0 bridgehead atoms. The fraction of sp³-hybridized carbons (Fsp3) is 0.531. The van der Waals surface area contributed by atoms with Crippen LogP contribution in [0.2, 0.25) is 0 Å². The van der Waals surface area contributed by atoms with Gasteiger partial charge in [0.05, 0.1) is 5.69 Å². The van der Waals surface area contributed by atoms with E-state index >= 15 is 0 Å². The van der Waals surface area contributed by atoms with Gasteiger partial charge in [-0.1, -0.05) is 55.8 Å². The van der Waals surface area contributed by atoms with Crippen molar-refractivity contribution in [2.75, 3.05) is 13.1 Å². The van der Waals surface area contributed by atoms with Crippen LogP contribution in [0.5, 0.6) is 0 Å². The van der Waals surface area contributed by atoms with Gasteiger partial charge in [0.2, 0.25) is 0 Å². The number of hydrogen-bond acceptors (Lipinski definition) is 3. The van der Waals surface area contributed by atoms with Crippen molar-refractivity contribution < 1.29 is 9.53 Å². The van der Waals surface area contributed by atoms with E-state index in [4.69, 9.17) is 4.74 Å². The summed E-state index contributed by atoms with van der Waals surface area (Å²) in [6.07, 6.45) is 7.41. The van der Waals surface area contributed by atoms with Crippen molar-refractivity contribution in [2.24, 2.45) is 11.8 Å². The third kappa shape index (κ3) is 6.20.